The number of rotatable bonds is 4. The highest BCUT2D eigenvalue weighted by molar-refractivity contribution is 5.88. The normalized spacial score (nSPS) is 24.5. The van der Waals surface area contributed by atoms with Crippen LogP contribution in [0.5, 0.6) is 11.6 Å². The zero-order chi connectivity index (χ0) is 19.1. The Labute approximate surface area is 163 Å². The van der Waals surface area contributed by atoms with Crippen molar-refractivity contribution in [3.8, 4) is 11.6 Å². The first-order valence-electron chi connectivity index (χ1n) is 9.87. The summed E-state index contributed by atoms with van der Waals surface area (Å²) in [5.41, 5.74) is 0.697. The molecule has 2 saturated heterocycles. The van der Waals surface area contributed by atoms with Crippen LogP contribution in [0.4, 0.5) is 4.39 Å². The summed E-state index contributed by atoms with van der Waals surface area (Å²) >= 11 is 0. The summed E-state index contributed by atoms with van der Waals surface area (Å²) in [6.45, 7) is 2.50. The lowest BCUT2D eigenvalue weighted by molar-refractivity contribution is 0.0981. The van der Waals surface area contributed by atoms with Crippen LogP contribution in [-0.2, 0) is 0 Å². The van der Waals surface area contributed by atoms with Gasteiger partial charge in [-0.25, -0.2) is 9.37 Å². The quantitative estimate of drug-likeness (QED) is 0.727. The molecule has 2 fully saturated rings. The zero-order valence-electron chi connectivity index (χ0n) is 15.6. The number of pyridine rings is 1. The molecule has 2 aliphatic rings. The maximum Gasteiger partial charge on any atom is 0.213 e. The molecular formula is C23H23FN2O2. The molecule has 144 valence electrons. The Balaban J connectivity index is 1.58. The molecule has 0 amide bonds. The molecule has 0 saturated carbocycles. The van der Waals surface area contributed by atoms with Crippen LogP contribution in [0, 0.1) is 5.82 Å². The van der Waals surface area contributed by atoms with E-state index in [0.717, 1.165) is 43.3 Å². The van der Waals surface area contributed by atoms with E-state index in [4.69, 9.17) is 4.74 Å². The van der Waals surface area contributed by atoms with Crippen molar-refractivity contribution in [1.29, 1.82) is 0 Å². The minimum atomic E-state index is -0.232. The molecule has 3 heterocycles. The van der Waals surface area contributed by atoms with E-state index in [1.165, 1.54) is 6.07 Å². The van der Waals surface area contributed by atoms with E-state index in [0.29, 0.717) is 17.9 Å². The van der Waals surface area contributed by atoms with E-state index in [1.807, 2.05) is 24.3 Å². The molecule has 0 aliphatic carbocycles. The number of fused-ring (bicyclic) bond motifs is 2. The summed E-state index contributed by atoms with van der Waals surface area (Å²) in [7, 11) is 0. The van der Waals surface area contributed by atoms with E-state index in [2.05, 4.69) is 9.88 Å². The van der Waals surface area contributed by atoms with Gasteiger partial charge in [0.1, 0.15) is 18.2 Å². The molecule has 2 unspecified atom stereocenters. The van der Waals surface area contributed by atoms with Crippen molar-refractivity contribution in [1.82, 2.24) is 9.88 Å². The first-order chi connectivity index (χ1) is 13.7. The Morgan fingerprint density at radius 1 is 1.18 bits per heavy atom. The van der Waals surface area contributed by atoms with Crippen molar-refractivity contribution in [3.63, 3.8) is 0 Å². The van der Waals surface area contributed by atoms with Gasteiger partial charge < -0.3 is 9.84 Å². The van der Waals surface area contributed by atoms with Gasteiger partial charge in [-0.1, -0.05) is 18.2 Å². The van der Waals surface area contributed by atoms with Gasteiger partial charge in [0, 0.05) is 23.6 Å². The Morgan fingerprint density at radius 3 is 2.96 bits per heavy atom. The van der Waals surface area contributed by atoms with Crippen LogP contribution in [0.15, 0.2) is 54.7 Å². The SMILES string of the molecule is Oc1cc(C2CCN3CCCC23COc2ccccn2)c2c(F)cccc2c1. The van der Waals surface area contributed by atoms with Gasteiger partial charge in [-0.3, -0.25) is 4.90 Å². The number of aromatic hydroxyl groups is 1. The van der Waals surface area contributed by atoms with Gasteiger partial charge in [0.25, 0.3) is 0 Å². The monoisotopic (exact) mass is 378 g/mol. The van der Waals surface area contributed by atoms with E-state index in [1.54, 1.807) is 24.4 Å². The standard InChI is InChI=1S/C23H23FN2O2/c24-20-6-3-5-16-13-17(27)14-18(22(16)20)19-8-12-26-11-4-9-23(19,26)15-28-21-7-1-2-10-25-21/h1-3,5-7,10,13-14,19,27H,4,8-9,11-12,15H2. The average molecular weight is 378 g/mol. The van der Waals surface area contributed by atoms with Gasteiger partial charge in [0.15, 0.2) is 0 Å². The second-order valence-electron chi connectivity index (χ2n) is 7.87. The molecule has 5 rings (SSSR count). The number of halogens is 1. The summed E-state index contributed by atoms with van der Waals surface area (Å²) < 4.78 is 20.9. The molecule has 2 atom stereocenters. The summed E-state index contributed by atoms with van der Waals surface area (Å²) in [5.74, 6) is 0.668. The zero-order valence-corrected chi connectivity index (χ0v) is 15.6. The van der Waals surface area contributed by atoms with Gasteiger partial charge in [0.05, 0.1) is 5.54 Å². The number of hydrogen-bond donors (Lipinski definition) is 1. The van der Waals surface area contributed by atoms with Crippen molar-refractivity contribution >= 4 is 10.8 Å². The second-order valence-corrected chi connectivity index (χ2v) is 7.87. The molecule has 1 N–H and O–H groups in total. The molecule has 0 radical (unpaired) electrons. The largest absolute Gasteiger partial charge is 0.508 e. The lowest BCUT2D eigenvalue weighted by Gasteiger charge is -2.37. The Morgan fingerprint density at radius 2 is 2.11 bits per heavy atom. The highest BCUT2D eigenvalue weighted by Crippen LogP contribution is 2.51. The topological polar surface area (TPSA) is 45.6 Å². The van der Waals surface area contributed by atoms with Gasteiger partial charge in [-0.05, 0) is 67.6 Å². The van der Waals surface area contributed by atoms with Crippen LogP contribution in [0.25, 0.3) is 10.8 Å². The molecule has 0 bridgehead atoms. The molecule has 2 aliphatic heterocycles. The molecule has 5 heteroatoms. The van der Waals surface area contributed by atoms with E-state index >= 15 is 0 Å². The van der Waals surface area contributed by atoms with Crippen molar-refractivity contribution in [2.45, 2.75) is 30.7 Å². The van der Waals surface area contributed by atoms with Crippen LogP contribution in [0.3, 0.4) is 0 Å². The summed E-state index contributed by atoms with van der Waals surface area (Å²) in [6.07, 6.45) is 4.75. The number of ether oxygens (including phenoxy) is 1. The molecule has 4 nitrogen and oxygen atoms in total. The highest BCUT2D eigenvalue weighted by Gasteiger charge is 2.53. The lowest BCUT2D eigenvalue weighted by atomic mass is 9.77. The number of nitrogens with zero attached hydrogens (tertiary/aromatic N) is 2. The van der Waals surface area contributed by atoms with Crippen molar-refractivity contribution in [2.24, 2.45) is 0 Å². The molecular weight excluding hydrogens is 355 g/mol. The third-order valence-corrected chi connectivity index (χ3v) is 6.43. The first kappa shape index (κ1) is 17.4. The van der Waals surface area contributed by atoms with Crippen LogP contribution in [0.2, 0.25) is 0 Å². The van der Waals surface area contributed by atoms with Crippen LogP contribution < -0.4 is 4.74 Å². The minimum Gasteiger partial charge on any atom is -0.508 e. The fourth-order valence-corrected chi connectivity index (χ4v) is 5.25. The van der Waals surface area contributed by atoms with E-state index < -0.39 is 0 Å². The molecule has 2 aromatic carbocycles. The highest BCUT2D eigenvalue weighted by atomic mass is 19.1. The van der Waals surface area contributed by atoms with Crippen molar-refractivity contribution in [3.05, 3.63) is 66.1 Å². The van der Waals surface area contributed by atoms with Gasteiger partial charge in [-0.15, -0.1) is 0 Å². The Hall–Kier alpha value is -2.66. The first-order valence-corrected chi connectivity index (χ1v) is 9.87. The Kier molecular flexibility index (Phi) is 4.20. The lowest BCUT2D eigenvalue weighted by Crippen LogP contribution is -2.47. The average Bonchev–Trinajstić information content (AvgIpc) is 3.25. The number of benzene rings is 2. The van der Waals surface area contributed by atoms with Crippen molar-refractivity contribution in [2.75, 3.05) is 19.7 Å². The fraction of sp³-hybridized carbons (Fsp3) is 0.348. The Bertz CT molecular complexity index is 1010. The molecule has 28 heavy (non-hydrogen) atoms. The van der Waals surface area contributed by atoms with E-state index in [-0.39, 0.29) is 23.0 Å². The number of phenolic OH excluding ortho intramolecular Hbond substituents is 1. The maximum absolute atomic E-state index is 14.8. The third kappa shape index (κ3) is 2.73. The van der Waals surface area contributed by atoms with Gasteiger partial charge >= 0.3 is 0 Å². The number of phenols is 1. The predicted molar refractivity (Wildman–Crippen MR) is 106 cm³/mol. The van der Waals surface area contributed by atoms with Gasteiger partial charge in [-0.2, -0.15) is 0 Å². The minimum absolute atomic E-state index is 0.102. The van der Waals surface area contributed by atoms with Crippen molar-refractivity contribution < 1.29 is 14.2 Å². The second kappa shape index (κ2) is 6.74. The van der Waals surface area contributed by atoms with Crippen LogP contribution >= 0.6 is 0 Å². The van der Waals surface area contributed by atoms with Crippen LogP contribution in [0.1, 0.15) is 30.7 Å². The fourth-order valence-electron chi connectivity index (χ4n) is 5.25. The third-order valence-electron chi connectivity index (χ3n) is 6.43. The summed E-state index contributed by atoms with van der Waals surface area (Å²) in [5, 5.41) is 11.7. The number of hydrogen-bond acceptors (Lipinski definition) is 4. The maximum atomic E-state index is 14.8. The van der Waals surface area contributed by atoms with Crippen LogP contribution in [-0.4, -0.2) is 40.2 Å². The summed E-state index contributed by atoms with van der Waals surface area (Å²) in [6, 6.07) is 14.1. The number of aromatic nitrogens is 1. The molecule has 3 aromatic rings. The molecule has 1 aromatic heterocycles. The molecule has 0 spiro atoms. The van der Waals surface area contributed by atoms with E-state index in [9.17, 15) is 9.50 Å². The smallest absolute Gasteiger partial charge is 0.213 e. The predicted octanol–water partition coefficient (Wildman–Crippen LogP) is 4.48. The summed E-state index contributed by atoms with van der Waals surface area (Å²) in [4.78, 5) is 6.77. The van der Waals surface area contributed by atoms with Gasteiger partial charge in [0.2, 0.25) is 5.88 Å².